The Morgan fingerprint density at radius 2 is 1.02 bits per heavy atom. The summed E-state index contributed by atoms with van der Waals surface area (Å²) in [5, 5.41) is 9.06. The molecule has 0 saturated heterocycles. The molecular weight excluding hydrogens is 879 g/mol. The molecule has 2 amide bonds. The van der Waals surface area contributed by atoms with Gasteiger partial charge in [-0.15, -0.1) is 0 Å². The van der Waals surface area contributed by atoms with Gasteiger partial charge in [0.05, 0.1) is 12.8 Å². The molecule has 2 saturated carbocycles. The van der Waals surface area contributed by atoms with Crippen LogP contribution < -0.4 is 0 Å². The van der Waals surface area contributed by atoms with Gasteiger partial charge >= 0.3 is 24.1 Å². The summed E-state index contributed by atoms with van der Waals surface area (Å²) in [5.41, 5.74) is -1.89. The van der Waals surface area contributed by atoms with Gasteiger partial charge in [0.25, 0.3) is 0 Å². The summed E-state index contributed by atoms with van der Waals surface area (Å²) >= 11 is 18.4. The standard InChI is InChI=1S/C23H30ClNO6.C16H19Cl2NO3.C7H12O3/c1-15(2)19(26)12-13-21(28)30-16(3)31-22(29)25(4)23(14-8-7-11-20(23)27)17-9-5-6-10-18(17)24;1-11(17)22-15(21)19(2)16(10-6-5-9-14(16)20)12-7-3-4-8-13(12)18;1-5(2)6(8)3-4-7(9)10/h5-6,9-10,15-16H,7-8,11-14H2,1-4H3;3-4,7-8,11H,5-6,9-10H2,1-2H3;5H,3-4H2,1-2H3,(H,9,10)/t16?,23-;11?,16-;/m00./s1. The zero-order valence-corrected chi connectivity index (χ0v) is 39.6. The molecule has 4 atom stereocenters. The smallest absolute Gasteiger partial charge is 0.413 e. The van der Waals surface area contributed by atoms with E-state index in [2.05, 4.69) is 0 Å². The Bertz CT molecular complexity index is 1940. The van der Waals surface area contributed by atoms with Crippen LogP contribution in [0.5, 0.6) is 0 Å². The van der Waals surface area contributed by atoms with Crippen molar-refractivity contribution in [3.63, 3.8) is 0 Å². The third-order valence-electron chi connectivity index (χ3n) is 10.9. The fourth-order valence-corrected chi connectivity index (χ4v) is 7.97. The lowest BCUT2D eigenvalue weighted by Crippen LogP contribution is -2.54. The first-order valence-corrected chi connectivity index (χ1v) is 22.3. The molecule has 4 rings (SSSR count). The number of benzene rings is 2. The maximum absolute atomic E-state index is 13.1. The number of ether oxygens (including phenoxy) is 3. The van der Waals surface area contributed by atoms with Crippen LogP contribution in [0.15, 0.2) is 48.5 Å². The van der Waals surface area contributed by atoms with Gasteiger partial charge in [-0.1, -0.05) is 98.9 Å². The van der Waals surface area contributed by atoms with Crippen molar-refractivity contribution in [2.75, 3.05) is 14.1 Å². The van der Waals surface area contributed by atoms with Gasteiger partial charge in [0.2, 0.25) is 6.29 Å². The summed E-state index contributed by atoms with van der Waals surface area (Å²) in [6.07, 6.45) is 2.36. The van der Waals surface area contributed by atoms with Gasteiger partial charge in [0, 0.05) is 79.7 Å². The van der Waals surface area contributed by atoms with E-state index in [1.807, 2.05) is 6.07 Å². The number of hydrogen-bond donors (Lipinski definition) is 1. The normalized spacial score (nSPS) is 19.3. The third kappa shape index (κ3) is 15.3. The minimum absolute atomic E-state index is 0.0161. The SMILES string of the molecule is CC(C)C(=O)CCC(=O)O.CC(Cl)OC(=O)N(C)[C@]1(c2ccccc2Cl)CCCCC1=O.CC(OC(=O)CCC(=O)C(C)C)OC(=O)N(C)[C@]1(c2ccccc2Cl)CCCCC1=O. The maximum atomic E-state index is 13.1. The van der Waals surface area contributed by atoms with Gasteiger partial charge in [-0.25, -0.2) is 9.59 Å². The number of alkyl halides is 1. The van der Waals surface area contributed by atoms with Crippen LogP contribution in [0.4, 0.5) is 9.59 Å². The summed E-state index contributed by atoms with van der Waals surface area (Å²) < 4.78 is 15.5. The second-order valence-corrected chi connectivity index (χ2v) is 17.5. The minimum atomic E-state index is -1.24. The first-order chi connectivity index (χ1) is 29.5. The van der Waals surface area contributed by atoms with Crippen LogP contribution in [0.25, 0.3) is 0 Å². The molecule has 63 heavy (non-hydrogen) atoms. The Kier molecular flexibility index (Phi) is 22.3. The molecular formula is C46H61Cl3N2O12. The zero-order chi connectivity index (χ0) is 47.7. The third-order valence-corrected chi connectivity index (χ3v) is 11.7. The number of Topliss-reactive ketones (excluding diaryl/α,β-unsaturated/α-hetero) is 4. The Labute approximate surface area is 385 Å². The van der Waals surface area contributed by atoms with E-state index < -0.39 is 47.1 Å². The summed E-state index contributed by atoms with van der Waals surface area (Å²) in [7, 11) is 3.05. The van der Waals surface area contributed by atoms with Gasteiger partial charge in [0.1, 0.15) is 22.6 Å². The number of likely N-dealkylation sites (N-methyl/N-ethyl adjacent to an activating group) is 2. The highest BCUT2D eigenvalue weighted by Crippen LogP contribution is 2.44. The van der Waals surface area contributed by atoms with Crippen molar-refractivity contribution in [2.24, 2.45) is 11.8 Å². The molecule has 14 nitrogen and oxygen atoms in total. The summed E-state index contributed by atoms with van der Waals surface area (Å²) in [6.45, 7) is 10.0. The van der Waals surface area contributed by atoms with Crippen molar-refractivity contribution in [1.82, 2.24) is 9.80 Å². The number of amides is 2. The molecule has 0 aliphatic heterocycles. The maximum Gasteiger partial charge on any atom is 0.413 e. The lowest BCUT2D eigenvalue weighted by Gasteiger charge is -2.43. The molecule has 0 aromatic heterocycles. The molecule has 2 aromatic carbocycles. The first kappa shape index (κ1) is 54.6. The monoisotopic (exact) mass is 938 g/mol. The van der Waals surface area contributed by atoms with Crippen LogP contribution in [0.2, 0.25) is 10.0 Å². The van der Waals surface area contributed by atoms with Crippen molar-refractivity contribution >= 4 is 82.1 Å². The van der Waals surface area contributed by atoms with E-state index in [1.165, 1.54) is 23.8 Å². The Morgan fingerprint density at radius 3 is 1.38 bits per heavy atom. The lowest BCUT2D eigenvalue weighted by molar-refractivity contribution is -0.168. The number of aliphatic carboxylic acids is 1. The number of carboxylic acid groups (broad SMARTS) is 1. The molecule has 2 fully saturated rings. The van der Waals surface area contributed by atoms with E-state index in [4.69, 9.17) is 54.1 Å². The van der Waals surface area contributed by atoms with Gasteiger partial charge in [-0.2, -0.15) is 0 Å². The molecule has 0 heterocycles. The second kappa shape index (κ2) is 25.7. The van der Waals surface area contributed by atoms with Crippen LogP contribution in [-0.4, -0.2) is 88.1 Å². The van der Waals surface area contributed by atoms with Crippen molar-refractivity contribution in [2.45, 2.75) is 142 Å². The number of esters is 1. The zero-order valence-electron chi connectivity index (χ0n) is 37.4. The Hall–Kier alpha value is -4.53. The van der Waals surface area contributed by atoms with Gasteiger partial charge in [-0.3, -0.25) is 38.6 Å². The van der Waals surface area contributed by atoms with Crippen molar-refractivity contribution < 1.29 is 57.7 Å². The predicted octanol–water partition coefficient (Wildman–Crippen LogP) is 10.0. The fraction of sp³-hybridized carbons (Fsp3) is 0.565. The number of halogens is 3. The lowest BCUT2D eigenvalue weighted by atomic mass is 9.74. The van der Waals surface area contributed by atoms with E-state index in [0.717, 1.165) is 25.7 Å². The van der Waals surface area contributed by atoms with E-state index in [-0.39, 0.29) is 60.7 Å². The van der Waals surface area contributed by atoms with Gasteiger partial charge < -0.3 is 19.3 Å². The highest BCUT2D eigenvalue weighted by molar-refractivity contribution is 6.32. The van der Waals surface area contributed by atoms with Crippen LogP contribution >= 0.6 is 34.8 Å². The van der Waals surface area contributed by atoms with Crippen molar-refractivity contribution in [1.29, 1.82) is 0 Å². The molecule has 2 aliphatic carbocycles. The summed E-state index contributed by atoms with van der Waals surface area (Å²) in [5.74, 6) is -1.90. The molecule has 348 valence electrons. The average molecular weight is 940 g/mol. The molecule has 0 bridgehead atoms. The van der Waals surface area contributed by atoms with Crippen LogP contribution in [-0.2, 0) is 54.1 Å². The van der Waals surface area contributed by atoms with Gasteiger partial charge in [0.15, 0.2) is 17.1 Å². The summed E-state index contributed by atoms with van der Waals surface area (Å²) in [6, 6.07) is 14.1. The van der Waals surface area contributed by atoms with E-state index in [9.17, 15) is 38.4 Å². The number of carbonyl (C=O) groups is 8. The van der Waals surface area contributed by atoms with Crippen LogP contribution in [0.1, 0.15) is 130 Å². The Morgan fingerprint density at radius 1 is 0.619 bits per heavy atom. The molecule has 17 heteroatoms. The second-order valence-electron chi connectivity index (χ2n) is 16.1. The number of rotatable bonds is 15. The minimum Gasteiger partial charge on any atom is -0.481 e. The molecule has 0 spiro atoms. The summed E-state index contributed by atoms with van der Waals surface area (Å²) in [4.78, 5) is 98.0. The van der Waals surface area contributed by atoms with E-state index >= 15 is 0 Å². The topological polar surface area (TPSA) is 191 Å². The van der Waals surface area contributed by atoms with Gasteiger partial charge in [-0.05, 0) is 57.6 Å². The van der Waals surface area contributed by atoms with E-state index in [0.29, 0.717) is 46.9 Å². The largest absolute Gasteiger partial charge is 0.481 e. The predicted molar refractivity (Wildman–Crippen MR) is 238 cm³/mol. The van der Waals surface area contributed by atoms with Crippen molar-refractivity contribution in [3.05, 3.63) is 69.7 Å². The van der Waals surface area contributed by atoms with Crippen LogP contribution in [0.3, 0.4) is 0 Å². The highest BCUT2D eigenvalue weighted by Gasteiger charge is 2.50. The molecule has 2 unspecified atom stereocenters. The van der Waals surface area contributed by atoms with Crippen molar-refractivity contribution in [3.8, 4) is 0 Å². The Balaban J connectivity index is 0.000000369. The average Bonchev–Trinajstić information content (AvgIpc) is 3.22. The highest BCUT2D eigenvalue weighted by atomic mass is 35.5. The number of hydrogen-bond acceptors (Lipinski definition) is 11. The molecule has 2 aromatic rings. The molecule has 1 N–H and O–H groups in total. The van der Waals surface area contributed by atoms with E-state index in [1.54, 1.807) is 84.1 Å². The number of ketones is 4. The quantitative estimate of drug-likeness (QED) is 0.101. The first-order valence-electron chi connectivity index (χ1n) is 21.1. The van der Waals surface area contributed by atoms with Crippen LogP contribution in [0, 0.1) is 11.8 Å². The number of nitrogens with zero attached hydrogens (tertiary/aromatic N) is 2. The number of carbonyl (C=O) groups excluding carboxylic acids is 7. The number of carboxylic acids is 1. The molecule has 2 aliphatic rings. The molecule has 0 radical (unpaired) electrons. The fourth-order valence-electron chi connectivity index (χ4n) is 7.31.